The lowest BCUT2D eigenvalue weighted by molar-refractivity contribution is -0.128. The van der Waals surface area contributed by atoms with Crippen LogP contribution in [-0.2, 0) is 4.79 Å². The van der Waals surface area contributed by atoms with Crippen molar-refractivity contribution < 1.29 is 9.59 Å². The van der Waals surface area contributed by atoms with Crippen molar-refractivity contribution in [2.75, 3.05) is 14.1 Å². The zero-order valence-corrected chi connectivity index (χ0v) is 9.50. The van der Waals surface area contributed by atoms with E-state index in [4.69, 9.17) is 0 Å². The van der Waals surface area contributed by atoms with E-state index >= 15 is 0 Å². The molecule has 4 nitrogen and oxygen atoms in total. The van der Waals surface area contributed by atoms with Gasteiger partial charge in [0.2, 0.25) is 0 Å². The van der Waals surface area contributed by atoms with E-state index in [2.05, 4.69) is 20.8 Å². The third-order valence-corrected chi connectivity index (χ3v) is 2.48. The maximum absolute atomic E-state index is 11.7. The summed E-state index contributed by atoms with van der Waals surface area (Å²) < 4.78 is 0. The molecular weight excluding hydrogens is 180 g/mol. The topological polar surface area (TPSA) is 40.6 Å². The quantitative estimate of drug-likeness (QED) is 0.596. The van der Waals surface area contributed by atoms with Crippen molar-refractivity contribution in [1.29, 1.82) is 0 Å². The van der Waals surface area contributed by atoms with Crippen LogP contribution in [-0.4, -0.2) is 41.9 Å². The highest BCUT2D eigenvalue weighted by molar-refractivity contribution is 6.03. The van der Waals surface area contributed by atoms with Crippen LogP contribution in [0.3, 0.4) is 0 Å². The Kier molecular flexibility index (Phi) is 2.56. The molecule has 1 fully saturated rings. The number of amides is 3. The minimum absolute atomic E-state index is 0.0556. The molecule has 0 aliphatic carbocycles. The molecule has 3 amide bonds. The Morgan fingerprint density at radius 2 is 1.71 bits per heavy atom. The summed E-state index contributed by atoms with van der Waals surface area (Å²) in [6, 6.07) is -0.489. The molecule has 1 unspecified atom stereocenters. The van der Waals surface area contributed by atoms with E-state index < -0.39 is 0 Å². The SMILES string of the molecule is CN1C(=O)C(CC(C)(C)C)N(C)C1=O. The smallest absolute Gasteiger partial charge is 0.315 e. The van der Waals surface area contributed by atoms with E-state index in [0.29, 0.717) is 6.42 Å². The number of hydrogen-bond acceptors (Lipinski definition) is 2. The number of hydrogen-bond donors (Lipinski definition) is 0. The molecular formula is C10H18N2O2. The van der Waals surface area contributed by atoms with Gasteiger partial charge in [0, 0.05) is 14.1 Å². The zero-order chi connectivity index (χ0) is 11.1. The predicted molar refractivity (Wildman–Crippen MR) is 53.8 cm³/mol. The van der Waals surface area contributed by atoms with Crippen LogP contribution >= 0.6 is 0 Å². The summed E-state index contributed by atoms with van der Waals surface area (Å²) in [5, 5.41) is 0. The summed E-state index contributed by atoms with van der Waals surface area (Å²) in [6.07, 6.45) is 0.707. The van der Waals surface area contributed by atoms with E-state index in [9.17, 15) is 9.59 Å². The maximum Gasteiger partial charge on any atom is 0.326 e. The summed E-state index contributed by atoms with van der Waals surface area (Å²) >= 11 is 0. The highest BCUT2D eigenvalue weighted by atomic mass is 16.2. The Labute approximate surface area is 84.9 Å². The second-order valence-corrected chi connectivity index (χ2v) is 5.07. The largest absolute Gasteiger partial charge is 0.326 e. The lowest BCUT2D eigenvalue weighted by Gasteiger charge is -2.25. The molecule has 4 heteroatoms. The van der Waals surface area contributed by atoms with Crippen LogP contribution in [0.2, 0.25) is 0 Å². The van der Waals surface area contributed by atoms with Crippen LogP contribution in [0.15, 0.2) is 0 Å². The maximum atomic E-state index is 11.7. The lowest BCUT2D eigenvalue weighted by Crippen LogP contribution is -2.34. The van der Waals surface area contributed by atoms with Gasteiger partial charge in [0.15, 0.2) is 0 Å². The molecule has 1 rings (SSSR count). The third kappa shape index (κ3) is 1.89. The minimum atomic E-state index is -0.285. The molecule has 0 bridgehead atoms. The molecule has 0 aromatic heterocycles. The fraction of sp³-hybridized carbons (Fsp3) is 0.800. The third-order valence-electron chi connectivity index (χ3n) is 2.48. The monoisotopic (exact) mass is 198 g/mol. The van der Waals surface area contributed by atoms with Gasteiger partial charge in [0.05, 0.1) is 0 Å². The van der Waals surface area contributed by atoms with Crippen molar-refractivity contribution in [1.82, 2.24) is 9.80 Å². The molecule has 1 heterocycles. The molecule has 1 aliphatic rings. The molecule has 0 spiro atoms. The molecule has 0 radical (unpaired) electrons. The molecule has 0 aromatic carbocycles. The zero-order valence-electron chi connectivity index (χ0n) is 9.50. The van der Waals surface area contributed by atoms with E-state index in [1.165, 1.54) is 16.8 Å². The second-order valence-electron chi connectivity index (χ2n) is 5.07. The Hall–Kier alpha value is -1.06. The standard InChI is InChI=1S/C10H18N2O2/c1-10(2,3)6-7-8(13)12(5)9(14)11(7)4/h7H,6H2,1-5H3. The van der Waals surface area contributed by atoms with Crippen LogP contribution in [0.1, 0.15) is 27.2 Å². The Bertz CT molecular complexity index is 268. The Morgan fingerprint density at radius 1 is 1.21 bits per heavy atom. The first-order chi connectivity index (χ1) is 6.24. The van der Waals surface area contributed by atoms with Gasteiger partial charge in [-0.3, -0.25) is 9.69 Å². The van der Waals surface area contributed by atoms with Crippen molar-refractivity contribution in [3.8, 4) is 0 Å². The van der Waals surface area contributed by atoms with Gasteiger partial charge in [-0.25, -0.2) is 4.79 Å². The van der Waals surface area contributed by atoms with Gasteiger partial charge in [-0.15, -0.1) is 0 Å². The van der Waals surface area contributed by atoms with Gasteiger partial charge >= 0.3 is 6.03 Å². The summed E-state index contributed by atoms with van der Waals surface area (Å²) in [7, 11) is 3.21. The molecule has 1 atom stereocenters. The van der Waals surface area contributed by atoms with Crippen LogP contribution in [0.25, 0.3) is 0 Å². The highest BCUT2D eigenvalue weighted by Gasteiger charge is 2.42. The average molecular weight is 198 g/mol. The predicted octanol–water partition coefficient (Wildman–Crippen LogP) is 1.32. The van der Waals surface area contributed by atoms with Gasteiger partial charge in [-0.2, -0.15) is 0 Å². The van der Waals surface area contributed by atoms with Crippen molar-refractivity contribution in [3.05, 3.63) is 0 Å². The first-order valence-electron chi connectivity index (χ1n) is 4.78. The van der Waals surface area contributed by atoms with Crippen LogP contribution in [0, 0.1) is 5.41 Å². The second kappa shape index (κ2) is 3.26. The van der Waals surface area contributed by atoms with Gasteiger partial charge < -0.3 is 4.90 Å². The number of carbonyl (C=O) groups excluding carboxylic acids is 2. The Balaban J connectivity index is 2.81. The molecule has 0 aromatic rings. The van der Waals surface area contributed by atoms with E-state index in [0.717, 1.165) is 0 Å². The average Bonchev–Trinajstić information content (AvgIpc) is 2.20. The number of rotatable bonds is 1. The van der Waals surface area contributed by atoms with E-state index in [1.54, 1.807) is 7.05 Å². The molecule has 1 aliphatic heterocycles. The van der Waals surface area contributed by atoms with E-state index in [-0.39, 0.29) is 23.4 Å². The molecule has 80 valence electrons. The number of likely N-dealkylation sites (N-methyl/N-ethyl adjacent to an activating group) is 2. The van der Waals surface area contributed by atoms with Gasteiger partial charge in [-0.1, -0.05) is 20.8 Å². The van der Waals surface area contributed by atoms with Crippen molar-refractivity contribution in [2.45, 2.75) is 33.2 Å². The minimum Gasteiger partial charge on any atom is -0.315 e. The van der Waals surface area contributed by atoms with Crippen molar-refractivity contribution >= 4 is 11.9 Å². The lowest BCUT2D eigenvalue weighted by atomic mass is 9.88. The van der Waals surface area contributed by atoms with E-state index in [1.807, 2.05) is 0 Å². The summed E-state index contributed by atoms with van der Waals surface area (Å²) in [5.74, 6) is -0.0903. The first-order valence-corrected chi connectivity index (χ1v) is 4.78. The molecule has 0 saturated carbocycles. The number of carbonyl (C=O) groups is 2. The number of nitrogens with zero attached hydrogens (tertiary/aromatic N) is 2. The molecule has 14 heavy (non-hydrogen) atoms. The fourth-order valence-corrected chi connectivity index (χ4v) is 1.66. The summed E-state index contributed by atoms with van der Waals surface area (Å²) in [4.78, 5) is 25.8. The molecule has 0 N–H and O–H groups in total. The van der Waals surface area contributed by atoms with Crippen LogP contribution < -0.4 is 0 Å². The highest BCUT2D eigenvalue weighted by Crippen LogP contribution is 2.27. The molecule has 1 saturated heterocycles. The van der Waals surface area contributed by atoms with Gasteiger partial charge in [0.1, 0.15) is 6.04 Å². The van der Waals surface area contributed by atoms with Gasteiger partial charge in [0.25, 0.3) is 5.91 Å². The number of urea groups is 1. The number of imide groups is 1. The first kappa shape index (κ1) is 11.0. The van der Waals surface area contributed by atoms with Crippen LogP contribution in [0.4, 0.5) is 4.79 Å². The fourth-order valence-electron chi connectivity index (χ4n) is 1.66. The normalized spacial score (nSPS) is 23.6. The van der Waals surface area contributed by atoms with Crippen molar-refractivity contribution in [2.24, 2.45) is 5.41 Å². The van der Waals surface area contributed by atoms with Crippen LogP contribution in [0.5, 0.6) is 0 Å². The summed E-state index contributed by atoms with van der Waals surface area (Å²) in [6.45, 7) is 6.20. The van der Waals surface area contributed by atoms with Gasteiger partial charge in [-0.05, 0) is 11.8 Å². The Morgan fingerprint density at radius 3 is 2.00 bits per heavy atom. The summed E-state index contributed by atoms with van der Waals surface area (Å²) in [5.41, 5.74) is 0.0556. The van der Waals surface area contributed by atoms with Crippen molar-refractivity contribution in [3.63, 3.8) is 0 Å².